The molecule has 26 heavy (non-hydrogen) atoms. The molecule has 2 aromatic carbocycles. The Kier molecular flexibility index (Phi) is 6.39. The van der Waals surface area contributed by atoms with E-state index in [1.165, 1.54) is 12.7 Å². The fraction of sp³-hybridized carbons (Fsp3) is 0.333. The highest BCUT2D eigenvalue weighted by Crippen LogP contribution is 2.29. The van der Waals surface area contributed by atoms with E-state index < -0.39 is 5.97 Å². The standard InChI is InChI=1S/C21H26N2O3/c1-21(2,3)17-7-5-6-8-18(17)22-14-13-19(24)23-16-11-9-15(10-12-16)20(25)26-4/h5-12,22H,13-14H2,1-4H3,(H,23,24). The number of carbonyl (C=O) groups is 2. The van der Waals surface area contributed by atoms with Gasteiger partial charge in [-0.2, -0.15) is 0 Å². The third kappa shape index (κ3) is 5.34. The molecule has 0 aliphatic heterocycles. The molecule has 0 bridgehead atoms. The summed E-state index contributed by atoms with van der Waals surface area (Å²) in [6, 6.07) is 14.8. The van der Waals surface area contributed by atoms with E-state index >= 15 is 0 Å². The Morgan fingerprint density at radius 3 is 2.27 bits per heavy atom. The molecule has 0 spiro atoms. The third-order valence-corrected chi connectivity index (χ3v) is 3.99. The van der Waals surface area contributed by atoms with Crippen molar-refractivity contribution in [3.05, 3.63) is 59.7 Å². The fourth-order valence-electron chi connectivity index (χ4n) is 2.63. The molecule has 0 fully saturated rings. The minimum atomic E-state index is -0.399. The molecule has 138 valence electrons. The van der Waals surface area contributed by atoms with Crippen molar-refractivity contribution in [2.75, 3.05) is 24.3 Å². The molecule has 0 saturated heterocycles. The molecule has 2 aromatic rings. The lowest BCUT2D eigenvalue weighted by Gasteiger charge is -2.23. The van der Waals surface area contributed by atoms with Crippen LogP contribution in [0.25, 0.3) is 0 Å². The molecule has 0 heterocycles. The van der Waals surface area contributed by atoms with Crippen LogP contribution >= 0.6 is 0 Å². The summed E-state index contributed by atoms with van der Waals surface area (Å²) in [6.45, 7) is 7.04. The Bertz CT molecular complexity index is 762. The van der Waals surface area contributed by atoms with Crippen molar-refractivity contribution in [1.29, 1.82) is 0 Å². The highest BCUT2D eigenvalue weighted by molar-refractivity contribution is 5.93. The van der Waals surface area contributed by atoms with Crippen LogP contribution in [0.5, 0.6) is 0 Å². The van der Waals surface area contributed by atoms with E-state index in [1.54, 1.807) is 24.3 Å². The number of esters is 1. The maximum atomic E-state index is 12.1. The van der Waals surface area contributed by atoms with Crippen molar-refractivity contribution >= 4 is 23.3 Å². The predicted octanol–water partition coefficient (Wildman–Crippen LogP) is 4.21. The van der Waals surface area contributed by atoms with Crippen LogP contribution in [0, 0.1) is 0 Å². The van der Waals surface area contributed by atoms with Crippen molar-refractivity contribution < 1.29 is 14.3 Å². The third-order valence-electron chi connectivity index (χ3n) is 3.99. The molecule has 2 rings (SSSR count). The average molecular weight is 354 g/mol. The van der Waals surface area contributed by atoms with Crippen molar-refractivity contribution in [1.82, 2.24) is 0 Å². The van der Waals surface area contributed by atoms with E-state index in [1.807, 2.05) is 18.2 Å². The number of amides is 1. The van der Waals surface area contributed by atoms with Crippen LogP contribution in [-0.4, -0.2) is 25.5 Å². The number of carbonyl (C=O) groups excluding carboxylic acids is 2. The van der Waals surface area contributed by atoms with Gasteiger partial charge in [-0.1, -0.05) is 39.0 Å². The van der Waals surface area contributed by atoms with Gasteiger partial charge in [0.2, 0.25) is 5.91 Å². The summed E-state index contributed by atoms with van der Waals surface area (Å²) < 4.78 is 4.65. The Morgan fingerprint density at radius 2 is 1.65 bits per heavy atom. The molecule has 1 amide bonds. The van der Waals surface area contributed by atoms with Gasteiger partial charge in [0.1, 0.15) is 0 Å². The molecule has 0 saturated carbocycles. The van der Waals surface area contributed by atoms with Crippen LogP contribution in [0.15, 0.2) is 48.5 Å². The van der Waals surface area contributed by atoms with Crippen LogP contribution in [0.2, 0.25) is 0 Å². The zero-order valence-electron chi connectivity index (χ0n) is 15.8. The Morgan fingerprint density at radius 1 is 1.00 bits per heavy atom. The number of para-hydroxylation sites is 1. The summed E-state index contributed by atoms with van der Waals surface area (Å²) in [5.74, 6) is -0.485. The van der Waals surface area contributed by atoms with Crippen LogP contribution in [-0.2, 0) is 14.9 Å². The number of ether oxygens (including phenoxy) is 1. The quantitative estimate of drug-likeness (QED) is 0.763. The average Bonchev–Trinajstić information content (AvgIpc) is 2.61. The molecule has 0 unspecified atom stereocenters. The lowest BCUT2D eigenvalue weighted by Crippen LogP contribution is -2.19. The summed E-state index contributed by atoms with van der Waals surface area (Å²) >= 11 is 0. The fourth-order valence-corrected chi connectivity index (χ4v) is 2.63. The van der Waals surface area contributed by atoms with Crippen molar-refractivity contribution in [2.24, 2.45) is 0 Å². The largest absolute Gasteiger partial charge is 0.465 e. The summed E-state index contributed by atoms with van der Waals surface area (Å²) in [4.78, 5) is 23.5. The van der Waals surface area contributed by atoms with Crippen LogP contribution < -0.4 is 10.6 Å². The van der Waals surface area contributed by atoms with Crippen molar-refractivity contribution in [3.63, 3.8) is 0 Å². The molecular weight excluding hydrogens is 328 g/mol. The van der Waals surface area contributed by atoms with Gasteiger partial charge < -0.3 is 15.4 Å². The smallest absolute Gasteiger partial charge is 0.337 e. The first-order valence-electron chi connectivity index (χ1n) is 8.63. The summed E-state index contributed by atoms with van der Waals surface area (Å²) in [7, 11) is 1.34. The number of methoxy groups -OCH3 is 1. The monoisotopic (exact) mass is 354 g/mol. The summed E-state index contributed by atoms with van der Waals surface area (Å²) in [6.07, 6.45) is 0.344. The van der Waals surface area contributed by atoms with Crippen LogP contribution in [0.4, 0.5) is 11.4 Å². The number of benzene rings is 2. The Labute approximate surface area is 154 Å². The second-order valence-corrected chi connectivity index (χ2v) is 7.09. The Hall–Kier alpha value is -2.82. The molecule has 0 radical (unpaired) electrons. The first kappa shape index (κ1) is 19.5. The minimum Gasteiger partial charge on any atom is -0.465 e. The van der Waals surface area contributed by atoms with E-state index in [4.69, 9.17) is 0 Å². The van der Waals surface area contributed by atoms with Crippen molar-refractivity contribution in [2.45, 2.75) is 32.6 Å². The van der Waals surface area contributed by atoms with Crippen LogP contribution in [0.1, 0.15) is 43.1 Å². The highest BCUT2D eigenvalue weighted by Gasteiger charge is 2.17. The molecule has 0 aliphatic rings. The lowest BCUT2D eigenvalue weighted by atomic mass is 9.86. The van der Waals surface area contributed by atoms with E-state index in [9.17, 15) is 9.59 Å². The van der Waals surface area contributed by atoms with E-state index in [-0.39, 0.29) is 11.3 Å². The highest BCUT2D eigenvalue weighted by atomic mass is 16.5. The van der Waals surface area contributed by atoms with Gasteiger partial charge >= 0.3 is 5.97 Å². The number of hydrogen-bond acceptors (Lipinski definition) is 4. The predicted molar refractivity (Wildman–Crippen MR) is 105 cm³/mol. The van der Waals surface area contributed by atoms with E-state index in [0.717, 1.165) is 5.69 Å². The topological polar surface area (TPSA) is 67.4 Å². The van der Waals surface area contributed by atoms with Gasteiger partial charge in [0.05, 0.1) is 12.7 Å². The molecule has 0 atom stereocenters. The second kappa shape index (κ2) is 8.52. The normalized spacial score (nSPS) is 10.9. The first-order valence-corrected chi connectivity index (χ1v) is 8.63. The number of nitrogens with one attached hydrogen (secondary N) is 2. The van der Waals surface area contributed by atoms with Gasteiger partial charge in [-0.3, -0.25) is 4.79 Å². The van der Waals surface area contributed by atoms with Crippen LogP contribution in [0.3, 0.4) is 0 Å². The SMILES string of the molecule is COC(=O)c1ccc(NC(=O)CCNc2ccccc2C(C)(C)C)cc1. The van der Waals surface area contributed by atoms with Gasteiger partial charge in [-0.15, -0.1) is 0 Å². The second-order valence-electron chi connectivity index (χ2n) is 7.09. The molecular formula is C21H26N2O3. The van der Waals surface area contributed by atoms with E-state index in [2.05, 4.69) is 42.2 Å². The van der Waals surface area contributed by atoms with Gasteiger partial charge in [-0.05, 0) is 41.3 Å². The summed E-state index contributed by atoms with van der Waals surface area (Å²) in [5, 5.41) is 6.17. The van der Waals surface area contributed by atoms with Gasteiger partial charge in [0.15, 0.2) is 0 Å². The molecule has 5 heteroatoms. The zero-order chi connectivity index (χ0) is 19.2. The number of rotatable bonds is 6. The first-order chi connectivity index (χ1) is 12.3. The Balaban J connectivity index is 1.87. The molecule has 0 aromatic heterocycles. The van der Waals surface area contributed by atoms with E-state index in [0.29, 0.717) is 24.2 Å². The minimum absolute atomic E-state index is 0.0350. The maximum Gasteiger partial charge on any atom is 0.337 e. The zero-order valence-corrected chi connectivity index (χ0v) is 15.8. The molecule has 0 aliphatic carbocycles. The van der Waals surface area contributed by atoms with Gasteiger partial charge in [0.25, 0.3) is 0 Å². The number of anilines is 2. The molecule has 2 N–H and O–H groups in total. The lowest BCUT2D eigenvalue weighted by molar-refractivity contribution is -0.115. The maximum absolute atomic E-state index is 12.1. The number of hydrogen-bond donors (Lipinski definition) is 2. The van der Waals surface area contributed by atoms with Gasteiger partial charge in [0, 0.05) is 24.3 Å². The molecule has 5 nitrogen and oxygen atoms in total. The van der Waals surface area contributed by atoms with Crippen molar-refractivity contribution in [3.8, 4) is 0 Å². The summed E-state index contributed by atoms with van der Waals surface area (Å²) in [5.41, 5.74) is 3.41. The van der Waals surface area contributed by atoms with Gasteiger partial charge in [-0.25, -0.2) is 4.79 Å².